The minimum Gasteiger partial charge on any atom is -0.493 e. The molecule has 0 unspecified atom stereocenters. The molecule has 4 aliphatic carbocycles. The summed E-state index contributed by atoms with van der Waals surface area (Å²) in [5.74, 6) is 1.93. The fourth-order valence-electron chi connectivity index (χ4n) is 5.80. The number of hydrazone groups is 1. The Kier molecular flexibility index (Phi) is 4.91. The largest absolute Gasteiger partial charge is 0.493 e. The van der Waals surface area contributed by atoms with E-state index in [-0.39, 0.29) is 35.5 Å². The minimum atomic E-state index is -0.239. The average molecular weight is 507 g/mol. The van der Waals surface area contributed by atoms with Crippen molar-refractivity contribution in [2.75, 3.05) is 7.11 Å². The molecule has 2 saturated carbocycles. The number of amides is 2. The lowest BCUT2D eigenvalue weighted by Gasteiger charge is -2.37. The highest BCUT2D eigenvalue weighted by molar-refractivity contribution is 9.10. The number of carbonyl (C=O) groups excluding carboxylic acids is 2. The van der Waals surface area contributed by atoms with Gasteiger partial charge in [-0.25, -0.2) is 0 Å². The molecule has 2 bridgehead atoms. The van der Waals surface area contributed by atoms with Crippen LogP contribution >= 0.6 is 15.9 Å². The molecule has 7 heteroatoms. The van der Waals surface area contributed by atoms with Crippen molar-refractivity contribution < 1.29 is 19.1 Å². The van der Waals surface area contributed by atoms with Crippen LogP contribution in [0.3, 0.4) is 0 Å². The molecule has 6 atom stereocenters. The van der Waals surface area contributed by atoms with Crippen LogP contribution in [0.5, 0.6) is 11.5 Å². The number of ether oxygens (including phenoxy) is 2. The van der Waals surface area contributed by atoms with Crippen LogP contribution in [0.4, 0.5) is 0 Å². The third kappa shape index (κ3) is 3.41. The van der Waals surface area contributed by atoms with Gasteiger partial charge in [0.05, 0.1) is 25.2 Å². The van der Waals surface area contributed by atoms with E-state index in [9.17, 15) is 9.59 Å². The van der Waals surface area contributed by atoms with E-state index in [0.29, 0.717) is 29.9 Å². The molecule has 3 fully saturated rings. The summed E-state index contributed by atoms with van der Waals surface area (Å²) in [7, 11) is 1.58. The normalized spacial score (nSPS) is 31.2. The van der Waals surface area contributed by atoms with E-state index in [1.54, 1.807) is 19.4 Å². The van der Waals surface area contributed by atoms with E-state index in [1.165, 1.54) is 0 Å². The van der Waals surface area contributed by atoms with Crippen LogP contribution in [0, 0.1) is 35.5 Å². The Morgan fingerprint density at radius 1 is 1.00 bits per heavy atom. The summed E-state index contributed by atoms with van der Waals surface area (Å²) in [6, 6.07) is 13.4. The minimum absolute atomic E-state index is 0.160. The third-order valence-corrected chi connectivity index (χ3v) is 7.99. The molecular weight excluding hydrogens is 484 g/mol. The third-order valence-electron chi connectivity index (χ3n) is 7.46. The summed E-state index contributed by atoms with van der Waals surface area (Å²) in [6.45, 7) is 0.412. The van der Waals surface area contributed by atoms with Crippen molar-refractivity contribution in [2.45, 2.75) is 13.0 Å². The highest BCUT2D eigenvalue weighted by Crippen LogP contribution is 2.65. The molecule has 33 heavy (non-hydrogen) atoms. The lowest BCUT2D eigenvalue weighted by molar-refractivity contribution is -0.140. The Balaban J connectivity index is 1.17. The van der Waals surface area contributed by atoms with Crippen LogP contribution in [0.1, 0.15) is 17.5 Å². The molecule has 2 aromatic carbocycles. The van der Waals surface area contributed by atoms with Gasteiger partial charge in [0.15, 0.2) is 11.5 Å². The summed E-state index contributed by atoms with van der Waals surface area (Å²) < 4.78 is 12.4. The van der Waals surface area contributed by atoms with Crippen molar-refractivity contribution in [1.29, 1.82) is 0 Å². The fourth-order valence-corrected chi connectivity index (χ4v) is 6.07. The highest BCUT2D eigenvalue weighted by atomic mass is 79.9. The van der Waals surface area contributed by atoms with Gasteiger partial charge in [-0.15, -0.1) is 0 Å². The number of hydrogen-bond acceptors (Lipinski definition) is 5. The van der Waals surface area contributed by atoms with Gasteiger partial charge in [-0.1, -0.05) is 40.2 Å². The second kappa shape index (κ2) is 7.83. The number of halogens is 1. The topological polar surface area (TPSA) is 68.2 Å². The molecule has 0 radical (unpaired) electrons. The maximum Gasteiger partial charge on any atom is 0.254 e. The van der Waals surface area contributed by atoms with E-state index in [4.69, 9.17) is 9.47 Å². The molecule has 6 nitrogen and oxygen atoms in total. The van der Waals surface area contributed by atoms with Gasteiger partial charge < -0.3 is 9.47 Å². The van der Waals surface area contributed by atoms with Crippen LogP contribution in [-0.2, 0) is 16.2 Å². The van der Waals surface area contributed by atoms with Gasteiger partial charge in [0.1, 0.15) is 6.61 Å². The number of imide groups is 1. The standard InChI is InChI=1S/C26H23BrN2O4/c1-32-22-10-15(4-9-21(22)33-13-14-2-5-16(27)6-3-14)12-28-29-25(30)23-17-7-8-18(20-11-19(17)20)24(23)26(29)31/h2-10,12,17-20,23-24H,11,13H2,1H3/b28-12-/t17-,18-,19-,20-,23+,24+/m0/s1. The first kappa shape index (κ1) is 20.7. The zero-order chi connectivity index (χ0) is 22.7. The Hall–Kier alpha value is -2.93. The molecule has 7 rings (SSSR count). The second-order valence-corrected chi connectivity index (χ2v) is 10.1. The molecule has 2 aromatic rings. The molecule has 0 aromatic heterocycles. The van der Waals surface area contributed by atoms with Crippen molar-refractivity contribution in [2.24, 2.45) is 40.6 Å². The monoisotopic (exact) mass is 506 g/mol. The number of allylic oxidation sites excluding steroid dienone is 2. The van der Waals surface area contributed by atoms with Crippen LogP contribution < -0.4 is 9.47 Å². The Morgan fingerprint density at radius 2 is 1.67 bits per heavy atom. The molecule has 1 heterocycles. The smallest absolute Gasteiger partial charge is 0.254 e. The number of methoxy groups -OCH3 is 1. The predicted molar refractivity (Wildman–Crippen MR) is 126 cm³/mol. The molecule has 168 valence electrons. The summed E-state index contributed by atoms with van der Waals surface area (Å²) >= 11 is 3.43. The Labute approximate surface area is 200 Å². The molecule has 0 spiro atoms. The zero-order valence-corrected chi connectivity index (χ0v) is 19.6. The van der Waals surface area contributed by atoms with Crippen LogP contribution in [0.25, 0.3) is 0 Å². The zero-order valence-electron chi connectivity index (χ0n) is 18.1. The van der Waals surface area contributed by atoms with Crippen molar-refractivity contribution in [3.8, 4) is 11.5 Å². The van der Waals surface area contributed by atoms with Crippen molar-refractivity contribution in [3.63, 3.8) is 0 Å². The van der Waals surface area contributed by atoms with Crippen molar-refractivity contribution in [1.82, 2.24) is 5.01 Å². The van der Waals surface area contributed by atoms with Crippen molar-refractivity contribution in [3.05, 3.63) is 70.2 Å². The summed E-state index contributed by atoms with van der Waals surface area (Å²) in [5.41, 5.74) is 1.77. The molecule has 5 aliphatic rings. The number of rotatable bonds is 6. The number of benzene rings is 2. The van der Waals surface area contributed by atoms with Gasteiger partial charge in [-0.3, -0.25) is 9.59 Å². The molecular formula is C26H23BrN2O4. The first-order valence-corrected chi connectivity index (χ1v) is 12.0. The number of nitrogens with zero attached hydrogens (tertiary/aromatic N) is 2. The van der Waals surface area contributed by atoms with Gasteiger partial charge in [-0.2, -0.15) is 10.1 Å². The average Bonchev–Trinajstić information content (AvgIpc) is 3.62. The highest BCUT2D eigenvalue weighted by Gasteiger charge is 2.67. The SMILES string of the molecule is COc1cc(/C=N\N2C(=O)[C@@H]3[C@H]4C=C[C@@H]([C@@H]5C[C@@H]45)[C@H]3C2=O)ccc1OCc1ccc(Br)cc1. The van der Waals surface area contributed by atoms with Gasteiger partial charge in [-0.05, 0) is 71.6 Å². The predicted octanol–water partition coefficient (Wildman–Crippen LogP) is 4.42. The van der Waals surface area contributed by atoms with Crippen LogP contribution in [-0.4, -0.2) is 30.1 Å². The lowest BCUT2D eigenvalue weighted by Crippen LogP contribution is -2.40. The van der Waals surface area contributed by atoms with E-state index in [1.807, 2.05) is 36.4 Å². The van der Waals surface area contributed by atoms with Gasteiger partial charge in [0, 0.05) is 4.47 Å². The first-order chi connectivity index (χ1) is 16.0. The molecule has 1 aliphatic heterocycles. The lowest BCUT2D eigenvalue weighted by atomic mass is 9.63. The molecule has 2 amide bonds. The van der Waals surface area contributed by atoms with Gasteiger partial charge in [0.25, 0.3) is 11.8 Å². The maximum atomic E-state index is 13.1. The number of hydrogen-bond donors (Lipinski definition) is 0. The maximum absolute atomic E-state index is 13.1. The van der Waals surface area contributed by atoms with E-state index in [0.717, 1.165) is 27.0 Å². The Morgan fingerprint density at radius 3 is 2.30 bits per heavy atom. The summed E-state index contributed by atoms with van der Waals surface area (Å²) in [5, 5.41) is 5.40. The van der Waals surface area contributed by atoms with E-state index < -0.39 is 0 Å². The first-order valence-electron chi connectivity index (χ1n) is 11.2. The number of carbonyl (C=O) groups is 2. The molecule has 0 N–H and O–H groups in total. The summed E-state index contributed by atoms with van der Waals surface area (Å²) in [6.07, 6.45) is 7.02. The fraction of sp³-hybridized carbons (Fsp3) is 0.346. The van der Waals surface area contributed by atoms with E-state index in [2.05, 4.69) is 33.2 Å². The van der Waals surface area contributed by atoms with Crippen LogP contribution in [0.15, 0.2) is 64.2 Å². The quantitative estimate of drug-likeness (QED) is 0.330. The van der Waals surface area contributed by atoms with Gasteiger partial charge >= 0.3 is 0 Å². The molecule has 1 saturated heterocycles. The van der Waals surface area contributed by atoms with Crippen molar-refractivity contribution >= 4 is 34.0 Å². The van der Waals surface area contributed by atoms with E-state index >= 15 is 0 Å². The Bertz CT molecular complexity index is 1160. The summed E-state index contributed by atoms with van der Waals surface area (Å²) in [4.78, 5) is 26.1. The van der Waals surface area contributed by atoms with Gasteiger partial charge in [0.2, 0.25) is 0 Å². The second-order valence-electron chi connectivity index (χ2n) is 9.21. The van der Waals surface area contributed by atoms with Crippen LogP contribution in [0.2, 0.25) is 0 Å².